The van der Waals surface area contributed by atoms with Crippen LogP contribution in [0.25, 0.3) is 0 Å². The highest BCUT2D eigenvalue weighted by molar-refractivity contribution is 7.91. The van der Waals surface area contributed by atoms with Crippen LogP contribution in [0.1, 0.15) is 22.5 Å². The number of anilines is 1. The number of hydrogen-bond acceptors (Lipinski definition) is 6. The minimum Gasteiger partial charge on any atom is -0.365 e. The van der Waals surface area contributed by atoms with Crippen molar-refractivity contribution in [2.45, 2.75) is 19.0 Å². The average molecular weight is 364 g/mol. The van der Waals surface area contributed by atoms with Gasteiger partial charge < -0.3 is 10.6 Å². The second-order valence-corrected chi connectivity index (χ2v) is 8.05. The van der Waals surface area contributed by atoms with Crippen LogP contribution in [-0.4, -0.2) is 42.1 Å². The van der Waals surface area contributed by atoms with Gasteiger partial charge in [0.25, 0.3) is 5.91 Å². The van der Waals surface area contributed by atoms with Crippen molar-refractivity contribution in [1.82, 2.24) is 15.5 Å². The topological polar surface area (TPSA) is 101 Å². The van der Waals surface area contributed by atoms with Gasteiger partial charge in [0.2, 0.25) is 0 Å². The molecule has 1 unspecified atom stereocenters. The Hall–Kier alpha value is -2.55. The van der Waals surface area contributed by atoms with Crippen LogP contribution in [0.4, 0.5) is 10.2 Å². The Kier molecular flexibility index (Phi) is 4.93. The second-order valence-electron chi connectivity index (χ2n) is 5.82. The van der Waals surface area contributed by atoms with Crippen molar-refractivity contribution in [1.29, 1.82) is 0 Å². The highest BCUT2D eigenvalue weighted by atomic mass is 32.2. The highest BCUT2D eigenvalue weighted by Gasteiger charge is 2.28. The molecule has 1 aliphatic heterocycles. The molecule has 0 spiro atoms. The lowest BCUT2D eigenvalue weighted by atomic mass is 10.2. The van der Waals surface area contributed by atoms with Crippen LogP contribution in [0.3, 0.4) is 0 Å². The minimum atomic E-state index is -2.98. The standard InChI is InChI=1S/C16H17FN4O3S/c17-13-4-2-1-3-11(13)9-18-16(22)14-5-6-15(21-20-14)19-12-7-8-25(23,24)10-12/h1-6,12H,7-10H2,(H,18,22)(H,19,21). The fraction of sp³-hybridized carbons (Fsp3) is 0.312. The van der Waals surface area contributed by atoms with Crippen molar-refractivity contribution in [2.24, 2.45) is 0 Å². The molecule has 132 valence electrons. The van der Waals surface area contributed by atoms with Gasteiger partial charge in [0, 0.05) is 18.2 Å². The van der Waals surface area contributed by atoms with Crippen LogP contribution >= 0.6 is 0 Å². The molecule has 2 heterocycles. The third-order valence-corrected chi connectivity index (χ3v) is 5.65. The molecule has 1 aromatic carbocycles. The van der Waals surface area contributed by atoms with E-state index in [1.54, 1.807) is 24.3 Å². The van der Waals surface area contributed by atoms with E-state index >= 15 is 0 Å². The first kappa shape index (κ1) is 17.3. The smallest absolute Gasteiger partial charge is 0.272 e. The van der Waals surface area contributed by atoms with Crippen molar-refractivity contribution in [3.8, 4) is 0 Å². The first-order chi connectivity index (χ1) is 11.9. The number of nitrogens with one attached hydrogen (secondary N) is 2. The second kappa shape index (κ2) is 7.14. The summed E-state index contributed by atoms with van der Waals surface area (Å²) in [7, 11) is -2.98. The largest absolute Gasteiger partial charge is 0.365 e. The van der Waals surface area contributed by atoms with Gasteiger partial charge in [-0.25, -0.2) is 12.8 Å². The molecule has 0 radical (unpaired) electrons. The maximum absolute atomic E-state index is 13.5. The summed E-state index contributed by atoms with van der Waals surface area (Å²) in [6.07, 6.45) is 0.523. The molecular weight excluding hydrogens is 347 g/mol. The quantitative estimate of drug-likeness (QED) is 0.825. The number of hydrogen-bond donors (Lipinski definition) is 2. The maximum atomic E-state index is 13.5. The number of amides is 1. The number of aromatic nitrogens is 2. The first-order valence-electron chi connectivity index (χ1n) is 7.75. The lowest BCUT2D eigenvalue weighted by Gasteiger charge is -2.11. The maximum Gasteiger partial charge on any atom is 0.272 e. The number of halogens is 1. The van der Waals surface area contributed by atoms with Crippen LogP contribution in [0.15, 0.2) is 36.4 Å². The predicted molar refractivity (Wildman–Crippen MR) is 90.3 cm³/mol. The van der Waals surface area contributed by atoms with E-state index in [0.29, 0.717) is 17.8 Å². The van der Waals surface area contributed by atoms with Crippen LogP contribution < -0.4 is 10.6 Å². The summed E-state index contributed by atoms with van der Waals surface area (Å²) < 4.78 is 36.4. The van der Waals surface area contributed by atoms with Crippen LogP contribution in [0.2, 0.25) is 0 Å². The molecule has 1 aromatic heterocycles. The van der Waals surface area contributed by atoms with Gasteiger partial charge in [0.1, 0.15) is 11.6 Å². The Bertz CT molecular complexity index is 871. The number of carbonyl (C=O) groups is 1. The van der Waals surface area contributed by atoms with Crippen LogP contribution in [0.5, 0.6) is 0 Å². The molecule has 2 aromatic rings. The van der Waals surface area contributed by atoms with Gasteiger partial charge in [0.05, 0.1) is 11.5 Å². The molecule has 1 saturated heterocycles. The predicted octanol–water partition coefficient (Wildman–Crippen LogP) is 1.14. The van der Waals surface area contributed by atoms with Crippen molar-refractivity contribution < 1.29 is 17.6 Å². The Balaban J connectivity index is 1.56. The van der Waals surface area contributed by atoms with Gasteiger partial charge in [-0.2, -0.15) is 0 Å². The fourth-order valence-corrected chi connectivity index (χ4v) is 4.23. The molecule has 1 amide bonds. The Morgan fingerprint density at radius 1 is 1.20 bits per heavy atom. The molecule has 1 aliphatic rings. The molecular formula is C16H17FN4O3S. The monoisotopic (exact) mass is 364 g/mol. The molecule has 1 atom stereocenters. The first-order valence-corrected chi connectivity index (χ1v) is 9.57. The minimum absolute atomic E-state index is 0.0487. The highest BCUT2D eigenvalue weighted by Crippen LogP contribution is 2.15. The fourth-order valence-electron chi connectivity index (χ4n) is 2.56. The van der Waals surface area contributed by atoms with E-state index in [2.05, 4.69) is 20.8 Å². The molecule has 9 heteroatoms. The van der Waals surface area contributed by atoms with Crippen molar-refractivity contribution >= 4 is 21.6 Å². The Morgan fingerprint density at radius 3 is 2.64 bits per heavy atom. The number of benzene rings is 1. The molecule has 0 bridgehead atoms. The van der Waals surface area contributed by atoms with Gasteiger partial charge in [-0.05, 0) is 24.6 Å². The molecule has 0 saturated carbocycles. The van der Waals surface area contributed by atoms with E-state index < -0.39 is 15.7 Å². The number of sulfone groups is 1. The van der Waals surface area contributed by atoms with E-state index in [-0.39, 0.29) is 35.6 Å². The lowest BCUT2D eigenvalue weighted by molar-refractivity contribution is 0.0944. The van der Waals surface area contributed by atoms with Crippen molar-refractivity contribution in [2.75, 3.05) is 16.8 Å². The van der Waals surface area contributed by atoms with E-state index in [0.717, 1.165) is 0 Å². The zero-order valence-electron chi connectivity index (χ0n) is 13.3. The zero-order valence-corrected chi connectivity index (χ0v) is 14.1. The third-order valence-electron chi connectivity index (χ3n) is 3.88. The summed E-state index contributed by atoms with van der Waals surface area (Å²) in [6, 6.07) is 9.03. The van der Waals surface area contributed by atoms with E-state index in [9.17, 15) is 17.6 Å². The van der Waals surface area contributed by atoms with E-state index in [1.165, 1.54) is 12.1 Å². The number of carbonyl (C=O) groups excluding carboxylic acids is 1. The van der Waals surface area contributed by atoms with Crippen molar-refractivity contribution in [3.05, 3.63) is 53.5 Å². The zero-order chi connectivity index (χ0) is 17.9. The van der Waals surface area contributed by atoms with Gasteiger partial charge in [0.15, 0.2) is 15.5 Å². The molecule has 2 N–H and O–H groups in total. The SMILES string of the molecule is O=C(NCc1ccccc1F)c1ccc(NC2CCS(=O)(=O)C2)nn1. The molecule has 3 rings (SSSR count). The Morgan fingerprint density at radius 2 is 2.00 bits per heavy atom. The van der Waals surface area contributed by atoms with Crippen LogP contribution in [-0.2, 0) is 16.4 Å². The summed E-state index contributed by atoms with van der Waals surface area (Å²) >= 11 is 0. The summed E-state index contributed by atoms with van der Waals surface area (Å²) in [5.41, 5.74) is 0.477. The number of nitrogens with zero attached hydrogens (tertiary/aromatic N) is 2. The molecule has 25 heavy (non-hydrogen) atoms. The van der Waals surface area contributed by atoms with Crippen molar-refractivity contribution in [3.63, 3.8) is 0 Å². The lowest BCUT2D eigenvalue weighted by Crippen LogP contribution is -2.25. The summed E-state index contributed by atoms with van der Waals surface area (Å²) in [4.78, 5) is 12.0. The van der Waals surface area contributed by atoms with Gasteiger partial charge >= 0.3 is 0 Å². The molecule has 7 nitrogen and oxygen atoms in total. The Labute approximate surface area is 144 Å². The number of rotatable bonds is 5. The normalized spacial score (nSPS) is 18.7. The molecule has 1 fully saturated rings. The van der Waals surface area contributed by atoms with Gasteiger partial charge in [-0.15, -0.1) is 10.2 Å². The van der Waals surface area contributed by atoms with Gasteiger partial charge in [-0.1, -0.05) is 18.2 Å². The third kappa shape index (κ3) is 4.50. The average Bonchev–Trinajstić information content (AvgIpc) is 2.93. The summed E-state index contributed by atoms with van der Waals surface area (Å²) in [6.45, 7) is 0.0487. The van der Waals surface area contributed by atoms with Crippen LogP contribution in [0, 0.1) is 5.82 Å². The summed E-state index contributed by atoms with van der Waals surface area (Å²) in [5.74, 6) is -0.216. The molecule has 0 aliphatic carbocycles. The summed E-state index contributed by atoms with van der Waals surface area (Å²) in [5, 5.41) is 13.3. The van der Waals surface area contributed by atoms with E-state index in [1.807, 2.05) is 0 Å². The van der Waals surface area contributed by atoms with E-state index in [4.69, 9.17) is 0 Å². The van der Waals surface area contributed by atoms with Gasteiger partial charge in [-0.3, -0.25) is 4.79 Å².